The first kappa shape index (κ1) is 8.29. The molecule has 3 atom stereocenters. The molecule has 0 aliphatic carbocycles. The Balaban J connectivity index is 3.46. The molecule has 0 bridgehead atoms. The van der Waals surface area contributed by atoms with Crippen molar-refractivity contribution in [2.45, 2.75) is 13.0 Å². The fraction of sp³-hybridized carbons (Fsp3) is 0.667. The molecule has 3 unspecified atom stereocenters. The minimum absolute atomic E-state index is 0.252. The lowest BCUT2D eigenvalue weighted by molar-refractivity contribution is -0.134. The summed E-state index contributed by atoms with van der Waals surface area (Å²) in [5.74, 6) is -0.287. The van der Waals surface area contributed by atoms with E-state index in [9.17, 15) is 4.79 Å². The van der Waals surface area contributed by atoms with Crippen LogP contribution in [0.4, 0.5) is 0 Å². The molecule has 0 spiro atoms. The third kappa shape index (κ3) is 2.56. The summed E-state index contributed by atoms with van der Waals surface area (Å²) < 4.78 is 4.30. The first-order valence-corrected chi connectivity index (χ1v) is 3.14. The highest BCUT2D eigenvalue weighted by Crippen LogP contribution is 1.93. The molecule has 0 aromatic heterocycles. The summed E-state index contributed by atoms with van der Waals surface area (Å²) in [5.41, 5.74) is 0. The van der Waals surface area contributed by atoms with Crippen molar-refractivity contribution in [1.82, 2.24) is 5.09 Å². The molecule has 1 N–H and O–H groups in total. The molecular formula is C3H9NO2P2. The molecule has 0 aromatic carbocycles. The van der Waals surface area contributed by atoms with E-state index in [0.29, 0.717) is 0 Å². The molecule has 0 rings (SSSR count). The highest BCUT2D eigenvalue weighted by Gasteiger charge is 2.07. The van der Waals surface area contributed by atoms with E-state index in [2.05, 4.69) is 19.0 Å². The van der Waals surface area contributed by atoms with Gasteiger partial charge >= 0.3 is 5.97 Å². The van der Waals surface area contributed by atoms with Gasteiger partial charge in [-0.3, -0.25) is 9.88 Å². The second-order valence-corrected chi connectivity index (χ2v) is 1.89. The van der Waals surface area contributed by atoms with Gasteiger partial charge < -0.3 is 4.52 Å². The first-order valence-electron chi connectivity index (χ1n) is 2.09. The maximum absolute atomic E-state index is 10.4. The van der Waals surface area contributed by atoms with Gasteiger partial charge in [0, 0.05) is 0 Å². The van der Waals surface area contributed by atoms with E-state index in [4.69, 9.17) is 0 Å². The van der Waals surface area contributed by atoms with Gasteiger partial charge in [0.25, 0.3) is 0 Å². The number of nitrogens with one attached hydrogen (secondary N) is 1. The molecule has 0 amide bonds. The number of hydrogen-bond donors (Lipinski definition) is 1. The van der Waals surface area contributed by atoms with Crippen LogP contribution in [0.1, 0.15) is 6.92 Å². The zero-order valence-corrected chi connectivity index (χ0v) is 6.86. The Labute approximate surface area is 53.1 Å². The van der Waals surface area contributed by atoms with Crippen LogP contribution in [0.25, 0.3) is 0 Å². The zero-order chi connectivity index (χ0) is 6.57. The standard InChI is InChI=1S/C3H9NO2P2/c1-2(4-7)3(5)6-8/h2,4H,7-8H2,1H3. The summed E-state index contributed by atoms with van der Waals surface area (Å²) in [7, 11) is 4.13. The second-order valence-electron chi connectivity index (χ2n) is 1.33. The van der Waals surface area contributed by atoms with Crippen LogP contribution in [0.15, 0.2) is 0 Å². The summed E-state index contributed by atoms with van der Waals surface area (Å²) in [6, 6.07) is -0.252. The number of carbonyl (C=O) groups is 1. The monoisotopic (exact) mass is 153 g/mol. The van der Waals surface area contributed by atoms with Gasteiger partial charge in [0.2, 0.25) is 0 Å². The van der Waals surface area contributed by atoms with E-state index in [1.807, 2.05) is 9.47 Å². The summed E-state index contributed by atoms with van der Waals surface area (Å²) >= 11 is 0. The van der Waals surface area contributed by atoms with Crippen molar-refractivity contribution in [2.24, 2.45) is 0 Å². The number of rotatable bonds is 2. The zero-order valence-electron chi connectivity index (χ0n) is 4.55. The third-order valence-corrected chi connectivity index (χ3v) is 1.45. The van der Waals surface area contributed by atoms with E-state index >= 15 is 0 Å². The molecule has 5 heteroatoms. The maximum Gasteiger partial charge on any atom is 0.325 e. The van der Waals surface area contributed by atoms with Crippen molar-refractivity contribution in [1.29, 1.82) is 0 Å². The average Bonchev–Trinajstić information content (AvgIpc) is 1.84. The quantitative estimate of drug-likeness (QED) is 0.571. The summed E-state index contributed by atoms with van der Waals surface area (Å²) in [6.45, 7) is 1.71. The largest absolute Gasteiger partial charge is 0.450 e. The van der Waals surface area contributed by atoms with Gasteiger partial charge in [-0.05, 0) is 6.92 Å². The van der Waals surface area contributed by atoms with Crippen LogP contribution in [-0.4, -0.2) is 12.0 Å². The Bertz CT molecular complexity index is 87.4. The van der Waals surface area contributed by atoms with Gasteiger partial charge in [0.05, 0.1) is 9.47 Å². The second kappa shape index (κ2) is 4.20. The Kier molecular flexibility index (Phi) is 4.35. The van der Waals surface area contributed by atoms with Crippen LogP contribution in [0.5, 0.6) is 0 Å². The molecule has 3 nitrogen and oxygen atoms in total. The molecule has 0 fully saturated rings. The smallest absolute Gasteiger partial charge is 0.325 e. The van der Waals surface area contributed by atoms with Gasteiger partial charge in [-0.25, -0.2) is 0 Å². The van der Waals surface area contributed by atoms with Crippen LogP contribution < -0.4 is 5.09 Å². The molecule has 0 aliphatic heterocycles. The summed E-state index contributed by atoms with van der Waals surface area (Å²) in [5, 5.41) is 2.64. The summed E-state index contributed by atoms with van der Waals surface area (Å²) in [6.07, 6.45) is 0. The molecule has 48 valence electrons. The number of carbonyl (C=O) groups excluding carboxylic acids is 1. The molecule has 0 saturated heterocycles. The van der Waals surface area contributed by atoms with Gasteiger partial charge in [-0.2, -0.15) is 0 Å². The molecular weight excluding hydrogens is 144 g/mol. The van der Waals surface area contributed by atoms with Gasteiger partial charge in [0.15, 0.2) is 0 Å². The Morgan fingerprint density at radius 2 is 2.38 bits per heavy atom. The van der Waals surface area contributed by atoms with E-state index in [0.717, 1.165) is 0 Å². The van der Waals surface area contributed by atoms with Crippen LogP contribution in [0.2, 0.25) is 0 Å². The van der Waals surface area contributed by atoms with Gasteiger partial charge in [-0.15, -0.1) is 0 Å². The Hall–Kier alpha value is 0.290. The lowest BCUT2D eigenvalue weighted by atomic mass is 10.4. The fourth-order valence-electron chi connectivity index (χ4n) is 0.170. The van der Waals surface area contributed by atoms with Crippen molar-refractivity contribution in [2.75, 3.05) is 0 Å². The summed E-state index contributed by atoms with van der Waals surface area (Å²) in [4.78, 5) is 10.4. The van der Waals surface area contributed by atoms with Crippen molar-refractivity contribution < 1.29 is 9.32 Å². The van der Waals surface area contributed by atoms with Crippen molar-refractivity contribution >= 4 is 24.8 Å². The highest BCUT2D eigenvalue weighted by molar-refractivity contribution is 7.13. The van der Waals surface area contributed by atoms with Gasteiger partial charge in [-0.1, -0.05) is 9.39 Å². The van der Waals surface area contributed by atoms with Crippen molar-refractivity contribution in [3.8, 4) is 0 Å². The van der Waals surface area contributed by atoms with E-state index in [1.165, 1.54) is 0 Å². The van der Waals surface area contributed by atoms with Crippen LogP contribution >= 0.6 is 18.9 Å². The van der Waals surface area contributed by atoms with Crippen molar-refractivity contribution in [3.05, 3.63) is 0 Å². The van der Waals surface area contributed by atoms with Gasteiger partial charge in [0.1, 0.15) is 6.04 Å². The Morgan fingerprint density at radius 3 is 2.50 bits per heavy atom. The fourth-order valence-corrected chi connectivity index (χ4v) is 0.510. The molecule has 0 aliphatic rings. The SMILES string of the molecule is CC(NP)C(=O)OP. The molecule has 0 radical (unpaired) electrons. The molecule has 0 heterocycles. The maximum atomic E-state index is 10.4. The van der Waals surface area contributed by atoms with E-state index in [1.54, 1.807) is 6.92 Å². The normalized spacial score (nSPS) is 12.9. The van der Waals surface area contributed by atoms with Crippen molar-refractivity contribution in [3.63, 3.8) is 0 Å². The topological polar surface area (TPSA) is 38.3 Å². The number of hydrogen-bond acceptors (Lipinski definition) is 3. The first-order chi connectivity index (χ1) is 3.72. The lowest BCUT2D eigenvalue weighted by Crippen LogP contribution is -2.26. The molecule has 0 aromatic rings. The molecule has 0 saturated carbocycles. The lowest BCUT2D eigenvalue weighted by Gasteiger charge is -2.04. The van der Waals surface area contributed by atoms with Crippen LogP contribution in [0.3, 0.4) is 0 Å². The average molecular weight is 153 g/mol. The predicted molar refractivity (Wildman–Crippen MR) is 38.1 cm³/mol. The van der Waals surface area contributed by atoms with Crippen LogP contribution in [0, 0.1) is 0 Å². The van der Waals surface area contributed by atoms with E-state index < -0.39 is 0 Å². The minimum atomic E-state index is -0.287. The molecule has 8 heavy (non-hydrogen) atoms. The predicted octanol–water partition coefficient (Wildman–Crippen LogP) is 0.0879. The highest BCUT2D eigenvalue weighted by atomic mass is 31.0. The van der Waals surface area contributed by atoms with Crippen LogP contribution in [-0.2, 0) is 9.32 Å². The Morgan fingerprint density at radius 1 is 1.88 bits per heavy atom. The minimum Gasteiger partial charge on any atom is -0.450 e. The van der Waals surface area contributed by atoms with E-state index in [-0.39, 0.29) is 12.0 Å². The third-order valence-electron chi connectivity index (χ3n) is 0.720.